The Morgan fingerprint density at radius 2 is 1.57 bits per heavy atom. The number of hydrogen-bond donors (Lipinski definition) is 2. The second-order valence-electron chi connectivity index (χ2n) is 7.69. The molecule has 1 atom stereocenters. The van der Waals surface area contributed by atoms with E-state index in [-0.39, 0.29) is 17.9 Å². The number of nitrogens with one attached hydrogen (secondary N) is 2. The first kappa shape index (κ1) is 25.6. The molecule has 2 N–H and O–H groups in total. The van der Waals surface area contributed by atoms with Crippen LogP contribution in [0.1, 0.15) is 49.2 Å². The van der Waals surface area contributed by atoms with Gasteiger partial charge >= 0.3 is 11.9 Å². The van der Waals surface area contributed by atoms with Gasteiger partial charge in [0.15, 0.2) is 6.61 Å². The van der Waals surface area contributed by atoms with E-state index in [1.54, 1.807) is 61.5 Å². The summed E-state index contributed by atoms with van der Waals surface area (Å²) in [5.74, 6) is -2.13. The van der Waals surface area contributed by atoms with E-state index in [1.807, 2.05) is 13.0 Å². The van der Waals surface area contributed by atoms with Crippen molar-refractivity contribution in [1.82, 2.24) is 5.32 Å². The summed E-state index contributed by atoms with van der Waals surface area (Å²) in [5, 5.41) is 5.80. The van der Waals surface area contributed by atoms with Crippen LogP contribution in [-0.4, -0.2) is 37.5 Å². The van der Waals surface area contributed by atoms with Gasteiger partial charge in [0.25, 0.3) is 11.8 Å². The fraction of sp³-hybridized carbons (Fsp3) is 0.231. The van der Waals surface area contributed by atoms with Crippen molar-refractivity contribution >= 4 is 40.1 Å². The number of ether oxygens (including phenoxy) is 2. The zero-order chi connectivity index (χ0) is 25.4. The van der Waals surface area contributed by atoms with E-state index in [9.17, 15) is 19.2 Å². The van der Waals surface area contributed by atoms with Gasteiger partial charge in [0, 0.05) is 10.4 Å². The maximum absolute atomic E-state index is 12.7. The minimum Gasteiger partial charge on any atom is -0.465 e. The Bertz CT molecular complexity index is 1210. The molecule has 2 amide bonds. The molecule has 3 aromatic rings. The second-order valence-corrected chi connectivity index (χ2v) is 8.92. The van der Waals surface area contributed by atoms with E-state index < -0.39 is 30.5 Å². The van der Waals surface area contributed by atoms with Gasteiger partial charge in [0.2, 0.25) is 0 Å². The number of carbonyl (C=O) groups is 4. The maximum Gasteiger partial charge on any atom is 0.341 e. The SMILES string of the molecule is COC(=O)c1c(NC(=O)COC(=O)CC(NC(=O)c2ccccc2)c2ccccc2)sc(C)c1C. The summed E-state index contributed by atoms with van der Waals surface area (Å²) >= 11 is 1.24. The Morgan fingerprint density at radius 3 is 2.20 bits per heavy atom. The van der Waals surface area contributed by atoms with E-state index in [0.717, 1.165) is 10.4 Å². The van der Waals surface area contributed by atoms with Crippen molar-refractivity contribution in [2.75, 3.05) is 19.0 Å². The molecule has 0 aliphatic rings. The van der Waals surface area contributed by atoms with Crippen molar-refractivity contribution in [2.45, 2.75) is 26.3 Å². The third kappa shape index (κ3) is 6.77. The molecule has 1 unspecified atom stereocenters. The smallest absolute Gasteiger partial charge is 0.341 e. The molecule has 0 saturated carbocycles. The lowest BCUT2D eigenvalue weighted by Crippen LogP contribution is -2.31. The lowest BCUT2D eigenvalue weighted by molar-refractivity contribution is -0.147. The highest BCUT2D eigenvalue weighted by Gasteiger charge is 2.23. The largest absolute Gasteiger partial charge is 0.465 e. The molecule has 2 aromatic carbocycles. The van der Waals surface area contributed by atoms with Crippen LogP contribution in [0.4, 0.5) is 5.00 Å². The Kier molecular flexibility index (Phi) is 8.74. The van der Waals surface area contributed by atoms with Crippen LogP contribution in [0.3, 0.4) is 0 Å². The number of thiophene rings is 1. The normalized spacial score (nSPS) is 11.3. The van der Waals surface area contributed by atoms with Crippen LogP contribution < -0.4 is 10.6 Å². The van der Waals surface area contributed by atoms with Crippen LogP contribution in [0.2, 0.25) is 0 Å². The third-order valence-corrected chi connectivity index (χ3v) is 6.43. The molecule has 0 fully saturated rings. The summed E-state index contributed by atoms with van der Waals surface area (Å²) in [6.07, 6.45) is -0.166. The quantitative estimate of drug-likeness (QED) is 0.432. The number of carbonyl (C=O) groups excluding carboxylic acids is 4. The van der Waals surface area contributed by atoms with Gasteiger partial charge in [-0.05, 0) is 37.1 Å². The zero-order valence-corrected chi connectivity index (χ0v) is 20.4. The van der Waals surface area contributed by atoms with Crippen molar-refractivity contribution in [3.8, 4) is 0 Å². The van der Waals surface area contributed by atoms with Gasteiger partial charge in [-0.1, -0.05) is 48.5 Å². The maximum atomic E-state index is 12.7. The highest BCUT2D eigenvalue weighted by Crippen LogP contribution is 2.32. The van der Waals surface area contributed by atoms with Crippen molar-refractivity contribution in [3.05, 3.63) is 87.8 Å². The van der Waals surface area contributed by atoms with Crippen LogP contribution >= 0.6 is 11.3 Å². The molecule has 0 spiro atoms. The van der Waals surface area contributed by atoms with Crippen molar-refractivity contribution in [2.24, 2.45) is 0 Å². The minimum absolute atomic E-state index is 0.166. The van der Waals surface area contributed by atoms with Crippen molar-refractivity contribution < 1.29 is 28.7 Å². The summed E-state index contributed by atoms with van der Waals surface area (Å²) in [6, 6.07) is 17.1. The second kappa shape index (κ2) is 11.9. The van der Waals surface area contributed by atoms with Crippen molar-refractivity contribution in [3.63, 3.8) is 0 Å². The first-order valence-corrected chi connectivity index (χ1v) is 11.7. The molecule has 9 heteroatoms. The van der Waals surface area contributed by atoms with Gasteiger partial charge in [-0.3, -0.25) is 14.4 Å². The topological polar surface area (TPSA) is 111 Å². The first-order chi connectivity index (χ1) is 16.8. The number of methoxy groups -OCH3 is 1. The van der Waals surface area contributed by atoms with Gasteiger partial charge < -0.3 is 20.1 Å². The number of rotatable bonds is 9. The van der Waals surface area contributed by atoms with Gasteiger partial charge in [-0.15, -0.1) is 11.3 Å². The molecule has 182 valence electrons. The molecule has 35 heavy (non-hydrogen) atoms. The standard InChI is InChI=1S/C26H26N2O6S/c1-16-17(2)35-25(23(16)26(32)33-3)28-21(29)15-34-22(30)14-20(18-10-6-4-7-11-18)27-24(31)19-12-8-5-9-13-19/h4-13,20H,14-15H2,1-3H3,(H,27,31)(H,28,29). The molecule has 0 aliphatic carbocycles. The predicted octanol–water partition coefficient (Wildman–Crippen LogP) is 4.19. The molecule has 0 aliphatic heterocycles. The Labute approximate surface area is 207 Å². The predicted molar refractivity (Wildman–Crippen MR) is 132 cm³/mol. The van der Waals surface area contributed by atoms with Crippen LogP contribution in [0.5, 0.6) is 0 Å². The number of hydrogen-bond acceptors (Lipinski definition) is 7. The van der Waals surface area contributed by atoms with Gasteiger partial charge in [-0.25, -0.2) is 4.79 Å². The molecule has 0 radical (unpaired) electrons. The van der Waals surface area contributed by atoms with E-state index >= 15 is 0 Å². The molecule has 0 saturated heterocycles. The molecule has 1 heterocycles. The van der Waals surface area contributed by atoms with E-state index in [2.05, 4.69) is 10.6 Å². The lowest BCUT2D eigenvalue weighted by Gasteiger charge is -2.19. The highest BCUT2D eigenvalue weighted by atomic mass is 32.1. The average molecular weight is 495 g/mol. The zero-order valence-electron chi connectivity index (χ0n) is 19.6. The monoisotopic (exact) mass is 494 g/mol. The summed E-state index contributed by atoms with van der Waals surface area (Å²) in [7, 11) is 1.27. The van der Waals surface area contributed by atoms with Crippen LogP contribution in [0, 0.1) is 13.8 Å². The Morgan fingerprint density at radius 1 is 0.943 bits per heavy atom. The molecular formula is C26H26N2O6S. The molecule has 8 nitrogen and oxygen atoms in total. The Hall–Kier alpha value is -3.98. The number of aryl methyl sites for hydroxylation is 1. The van der Waals surface area contributed by atoms with Crippen LogP contribution in [-0.2, 0) is 19.1 Å². The number of anilines is 1. The van der Waals surface area contributed by atoms with E-state index in [1.165, 1.54) is 18.4 Å². The number of benzene rings is 2. The average Bonchev–Trinajstić information content (AvgIpc) is 3.15. The minimum atomic E-state index is -0.658. The fourth-order valence-corrected chi connectivity index (χ4v) is 4.43. The summed E-state index contributed by atoms with van der Waals surface area (Å²) in [6.45, 7) is 3.06. The summed E-state index contributed by atoms with van der Waals surface area (Å²) in [4.78, 5) is 50.6. The van der Waals surface area contributed by atoms with Gasteiger partial charge in [-0.2, -0.15) is 0 Å². The number of amides is 2. The third-order valence-electron chi connectivity index (χ3n) is 5.31. The Balaban J connectivity index is 1.63. The van der Waals surface area contributed by atoms with E-state index in [0.29, 0.717) is 16.1 Å². The van der Waals surface area contributed by atoms with Crippen LogP contribution in [0.25, 0.3) is 0 Å². The summed E-state index contributed by atoms with van der Waals surface area (Å²) < 4.78 is 9.96. The van der Waals surface area contributed by atoms with Gasteiger partial charge in [0.05, 0.1) is 25.1 Å². The first-order valence-electron chi connectivity index (χ1n) is 10.8. The highest BCUT2D eigenvalue weighted by molar-refractivity contribution is 7.16. The van der Waals surface area contributed by atoms with Crippen molar-refractivity contribution in [1.29, 1.82) is 0 Å². The fourth-order valence-electron chi connectivity index (χ4n) is 3.37. The lowest BCUT2D eigenvalue weighted by atomic mass is 10.0. The molecule has 0 bridgehead atoms. The number of esters is 2. The van der Waals surface area contributed by atoms with Gasteiger partial charge in [0.1, 0.15) is 5.00 Å². The molecule has 1 aromatic heterocycles. The van der Waals surface area contributed by atoms with Crippen LogP contribution in [0.15, 0.2) is 60.7 Å². The van der Waals surface area contributed by atoms with E-state index in [4.69, 9.17) is 9.47 Å². The summed E-state index contributed by atoms with van der Waals surface area (Å²) in [5.41, 5.74) is 2.19. The molecular weight excluding hydrogens is 468 g/mol. The molecule has 3 rings (SSSR count).